The van der Waals surface area contributed by atoms with E-state index in [1.807, 2.05) is 0 Å². The van der Waals surface area contributed by atoms with Crippen molar-refractivity contribution in [3.63, 3.8) is 0 Å². The molecule has 0 rings (SSSR count). The highest BCUT2D eigenvalue weighted by Gasteiger charge is 2.30. The van der Waals surface area contributed by atoms with Gasteiger partial charge in [0.2, 0.25) is 0 Å². The summed E-state index contributed by atoms with van der Waals surface area (Å²) in [5, 5.41) is 10.6. The first-order chi connectivity index (χ1) is 45.8. The average Bonchev–Trinajstić information content (AvgIpc) is 1.51. The predicted molar refractivity (Wildman–Crippen MR) is 386 cm³/mol. The van der Waals surface area contributed by atoms with Gasteiger partial charge in [-0.15, -0.1) is 0 Å². The zero-order valence-electron chi connectivity index (χ0n) is 62.1. The molecule has 0 aliphatic carbocycles. The number of ether oxygens (including phenoxy) is 4. The van der Waals surface area contributed by atoms with E-state index >= 15 is 0 Å². The Morgan fingerprint density at radius 2 is 0.537 bits per heavy atom. The normalized spacial score (nSPS) is 14.6. The Hall–Kier alpha value is -1.94. The lowest BCUT2D eigenvalue weighted by Gasteiger charge is -2.21. The Balaban J connectivity index is 5.23. The van der Waals surface area contributed by atoms with Crippen LogP contribution >= 0.6 is 15.6 Å². The van der Waals surface area contributed by atoms with E-state index < -0.39 is 97.5 Å². The quantitative estimate of drug-likeness (QED) is 0.0222. The van der Waals surface area contributed by atoms with Crippen molar-refractivity contribution in [2.24, 2.45) is 17.8 Å². The number of phosphoric acid groups is 2. The molecule has 0 aliphatic rings. The number of rotatable bonds is 74. The Morgan fingerprint density at radius 1 is 0.305 bits per heavy atom. The molecule has 0 fully saturated rings. The van der Waals surface area contributed by atoms with Gasteiger partial charge in [0.05, 0.1) is 26.4 Å². The minimum Gasteiger partial charge on any atom is -0.462 e. The number of hydrogen-bond acceptors (Lipinski definition) is 15. The van der Waals surface area contributed by atoms with Gasteiger partial charge in [0.1, 0.15) is 19.3 Å². The first kappa shape index (κ1) is 93.1. The molecule has 0 spiro atoms. The molecule has 0 aromatic carbocycles. The van der Waals surface area contributed by atoms with Crippen molar-refractivity contribution in [3.05, 3.63) is 0 Å². The zero-order chi connectivity index (χ0) is 70.1. The van der Waals surface area contributed by atoms with Gasteiger partial charge in [-0.05, 0) is 43.4 Å². The minimum absolute atomic E-state index is 0.106. The van der Waals surface area contributed by atoms with Crippen molar-refractivity contribution >= 4 is 39.5 Å². The Kier molecular flexibility index (Phi) is 65.2. The van der Waals surface area contributed by atoms with Crippen LogP contribution in [-0.4, -0.2) is 96.7 Å². The summed E-state index contributed by atoms with van der Waals surface area (Å²) < 4.78 is 68.5. The highest BCUT2D eigenvalue weighted by Crippen LogP contribution is 2.45. The van der Waals surface area contributed by atoms with Crippen LogP contribution in [0.4, 0.5) is 0 Å². The molecule has 564 valence electrons. The second-order valence-corrected chi connectivity index (χ2v) is 31.3. The van der Waals surface area contributed by atoms with Gasteiger partial charge in [0, 0.05) is 25.7 Å². The molecule has 0 heterocycles. The van der Waals surface area contributed by atoms with Crippen LogP contribution < -0.4 is 0 Å². The third kappa shape index (κ3) is 67.6. The van der Waals surface area contributed by atoms with E-state index in [9.17, 15) is 43.2 Å². The predicted octanol–water partition coefficient (Wildman–Crippen LogP) is 22.2. The van der Waals surface area contributed by atoms with Crippen LogP contribution in [0.25, 0.3) is 0 Å². The molecule has 4 unspecified atom stereocenters. The highest BCUT2D eigenvalue weighted by molar-refractivity contribution is 7.47. The summed E-state index contributed by atoms with van der Waals surface area (Å²) in [5.74, 6) is 0.311. The number of phosphoric ester groups is 2. The highest BCUT2D eigenvalue weighted by atomic mass is 31.2. The molecule has 0 aromatic rings. The molecule has 0 saturated carbocycles. The lowest BCUT2D eigenvalue weighted by Crippen LogP contribution is -2.30. The van der Waals surface area contributed by atoms with E-state index in [1.165, 1.54) is 193 Å². The second kappa shape index (κ2) is 66.6. The van der Waals surface area contributed by atoms with Crippen LogP contribution in [0.3, 0.4) is 0 Å². The number of aliphatic hydroxyl groups is 1. The number of carbonyl (C=O) groups is 4. The summed E-state index contributed by atoms with van der Waals surface area (Å²) in [4.78, 5) is 72.7. The minimum atomic E-state index is -4.96. The molecule has 0 radical (unpaired) electrons. The molecule has 7 atom stereocenters. The molecule has 0 bridgehead atoms. The molecule has 0 saturated heterocycles. The summed E-state index contributed by atoms with van der Waals surface area (Å²) in [5.41, 5.74) is 0. The van der Waals surface area contributed by atoms with Crippen LogP contribution in [0, 0.1) is 17.8 Å². The number of esters is 4. The molecule has 0 aliphatic heterocycles. The van der Waals surface area contributed by atoms with Crippen LogP contribution in [0.15, 0.2) is 0 Å². The fourth-order valence-corrected chi connectivity index (χ4v) is 13.1. The third-order valence-corrected chi connectivity index (χ3v) is 20.3. The van der Waals surface area contributed by atoms with E-state index in [4.69, 9.17) is 37.0 Å². The zero-order valence-corrected chi connectivity index (χ0v) is 63.9. The van der Waals surface area contributed by atoms with Crippen LogP contribution in [0.5, 0.6) is 0 Å². The van der Waals surface area contributed by atoms with Gasteiger partial charge in [-0.3, -0.25) is 37.3 Å². The summed E-state index contributed by atoms with van der Waals surface area (Å²) in [7, 11) is -9.91. The standard InChI is InChI=1S/C76H148O17P2/c1-8-11-12-13-14-36-43-50-57-73(78)86-63-71(92-76(81)60-53-46-39-32-26-25-29-35-42-49-56-69(7)10-3)65-90-94(82,83)88-61-70(77)62-89-95(84,85)91-66-72(64-87-74(79)58-51-44-37-30-23-20-19-21-27-33-40-47-54-67(4)5)93-75(80)59-52-45-38-31-24-18-16-15-17-22-28-34-41-48-55-68(6)9-2/h67-72,77H,8-66H2,1-7H3,(H,82,83)(H,84,85)/t68?,69?,70-,71+,72+/m0/s1. The summed E-state index contributed by atoms with van der Waals surface area (Å²) in [6.07, 6.45) is 52.6. The number of hydrogen-bond donors (Lipinski definition) is 3. The van der Waals surface area contributed by atoms with Gasteiger partial charge >= 0.3 is 39.5 Å². The molecule has 95 heavy (non-hydrogen) atoms. The molecule has 0 aromatic heterocycles. The van der Waals surface area contributed by atoms with Gasteiger partial charge in [-0.2, -0.15) is 0 Å². The molecule has 0 amide bonds. The van der Waals surface area contributed by atoms with E-state index in [2.05, 4.69) is 48.5 Å². The Labute approximate surface area is 581 Å². The number of unbranched alkanes of at least 4 members (excludes halogenated alkanes) is 40. The third-order valence-electron chi connectivity index (χ3n) is 18.4. The molecular formula is C76H148O17P2. The maximum atomic E-state index is 13.1. The van der Waals surface area contributed by atoms with Crippen molar-refractivity contribution < 1.29 is 80.2 Å². The monoisotopic (exact) mass is 1400 g/mol. The van der Waals surface area contributed by atoms with Crippen LogP contribution in [-0.2, 0) is 65.4 Å². The first-order valence-corrected chi connectivity index (χ1v) is 42.4. The van der Waals surface area contributed by atoms with Crippen molar-refractivity contribution in [1.29, 1.82) is 0 Å². The Morgan fingerprint density at radius 3 is 0.800 bits per heavy atom. The fraction of sp³-hybridized carbons (Fsp3) is 0.947. The van der Waals surface area contributed by atoms with Crippen molar-refractivity contribution in [2.45, 2.75) is 407 Å². The van der Waals surface area contributed by atoms with Crippen LogP contribution in [0.1, 0.15) is 389 Å². The molecule has 17 nitrogen and oxygen atoms in total. The van der Waals surface area contributed by atoms with Crippen molar-refractivity contribution in [3.8, 4) is 0 Å². The maximum absolute atomic E-state index is 13.1. The Bertz CT molecular complexity index is 1860. The van der Waals surface area contributed by atoms with Gasteiger partial charge in [-0.25, -0.2) is 9.13 Å². The van der Waals surface area contributed by atoms with E-state index in [0.29, 0.717) is 25.7 Å². The van der Waals surface area contributed by atoms with Crippen molar-refractivity contribution in [1.82, 2.24) is 0 Å². The second-order valence-electron chi connectivity index (χ2n) is 28.4. The summed E-state index contributed by atoms with van der Waals surface area (Å²) in [6, 6.07) is 0. The maximum Gasteiger partial charge on any atom is 0.472 e. The van der Waals surface area contributed by atoms with Gasteiger partial charge < -0.3 is 33.8 Å². The SMILES string of the molecule is CCCCCCCCCCC(=O)OC[C@H](COP(=O)(O)OC[C@H](O)COP(=O)(O)OC[C@@H](COC(=O)CCCCCCCCCCCCCCC(C)C)OC(=O)CCCCCCCCCCCCCCCCC(C)CC)OC(=O)CCCCCCCCCCCCC(C)CC. The van der Waals surface area contributed by atoms with Gasteiger partial charge in [0.25, 0.3) is 0 Å². The molecular weight excluding hydrogens is 1250 g/mol. The summed E-state index contributed by atoms with van der Waals surface area (Å²) in [6.45, 7) is 12.0. The topological polar surface area (TPSA) is 237 Å². The van der Waals surface area contributed by atoms with E-state index in [-0.39, 0.29) is 25.7 Å². The fourth-order valence-electron chi connectivity index (χ4n) is 11.5. The number of carbonyl (C=O) groups excluding carboxylic acids is 4. The van der Waals surface area contributed by atoms with E-state index in [0.717, 1.165) is 114 Å². The lowest BCUT2D eigenvalue weighted by molar-refractivity contribution is -0.161. The molecule has 3 N–H and O–H groups in total. The molecule has 19 heteroatoms. The smallest absolute Gasteiger partial charge is 0.462 e. The average molecular weight is 1400 g/mol. The van der Waals surface area contributed by atoms with Crippen molar-refractivity contribution in [2.75, 3.05) is 39.6 Å². The van der Waals surface area contributed by atoms with Crippen LogP contribution in [0.2, 0.25) is 0 Å². The summed E-state index contributed by atoms with van der Waals surface area (Å²) >= 11 is 0. The largest absolute Gasteiger partial charge is 0.472 e. The first-order valence-electron chi connectivity index (χ1n) is 39.4. The van der Waals surface area contributed by atoms with Gasteiger partial charge in [0.15, 0.2) is 12.2 Å². The van der Waals surface area contributed by atoms with E-state index in [1.54, 1.807) is 0 Å². The lowest BCUT2D eigenvalue weighted by atomic mass is 9.99. The number of aliphatic hydroxyl groups excluding tert-OH is 1. The van der Waals surface area contributed by atoms with Gasteiger partial charge in [-0.1, -0.05) is 337 Å².